The highest BCUT2D eigenvalue weighted by Crippen LogP contribution is 2.20. The first-order valence-corrected chi connectivity index (χ1v) is 5.51. The molecule has 0 aliphatic rings. The van der Waals surface area contributed by atoms with Gasteiger partial charge in [-0.15, -0.1) is 0 Å². The number of carbonyl (C=O) groups is 1. The highest BCUT2D eigenvalue weighted by atomic mass is 19.1. The maximum absolute atomic E-state index is 13.2. The molecule has 0 radical (unpaired) electrons. The van der Waals surface area contributed by atoms with Crippen molar-refractivity contribution in [3.8, 4) is 5.75 Å². The van der Waals surface area contributed by atoms with E-state index in [1.807, 2.05) is 0 Å². The van der Waals surface area contributed by atoms with Gasteiger partial charge in [0.1, 0.15) is 5.75 Å². The third kappa shape index (κ3) is 2.89. The summed E-state index contributed by atoms with van der Waals surface area (Å²) < 4.78 is 13.2. The summed E-state index contributed by atoms with van der Waals surface area (Å²) in [4.78, 5) is 21.6. The number of nitrogens with one attached hydrogen (secondary N) is 1. The number of phenolic OH excluding ortho intramolecular Hbond substituents is 1. The molecule has 0 spiro atoms. The van der Waals surface area contributed by atoms with Crippen LogP contribution in [-0.4, -0.2) is 15.9 Å². The van der Waals surface area contributed by atoms with Gasteiger partial charge in [-0.2, -0.15) is 4.39 Å². The maximum atomic E-state index is 13.2. The van der Waals surface area contributed by atoms with Crippen molar-refractivity contribution in [3.05, 3.63) is 64.0 Å². The second-order valence-corrected chi connectivity index (χ2v) is 3.93. The molecule has 2 aromatic rings. The number of nitro benzene ring substituents is 1. The molecule has 0 unspecified atom stereocenters. The van der Waals surface area contributed by atoms with Crippen LogP contribution in [0, 0.1) is 15.9 Å². The summed E-state index contributed by atoms with van der Waals surface area (Å²) in [6.45, 7) is 0. The first-order chi connectivity index (χ1) is 9.47. The van der Waals surface area contributed by atoms with E-state index < -0.39 is 22.3 Å². The third-order valence-electron chi connectivity index (χ3n) is 2.51. The molecule has 0 atom stereocenters. The van der Waals surface area contributed by atoms with Gasteiger partial charge in [0.15, 0.2) is 0 Å². The molecular formula is C13H9FN2O4. The Morgan fingerprint density at radius 3 is 2.65 bits per heavy atom. The first-order valence-electron chi connectivity index (χ1n) is 5.51. The Labute approximate surface area is 112 Å². The van der Waals surface area contributed by atoms with E-state index in [0.717, 1.165) is 18.2 Å². The highest BCUT2D eigenvalue weighted by Gasteiger charge is 2.17. The number of benzene rings is 2. The van der Waals surface area contributed by atoms with E-state index in [1.165, 1.54) is 24.3 Å². The summed E-state index contributed by atoms with van der Waals surface area (Å²) in [5, 5.41) is 22.3. The third-order valence-corrected chi connectivity index (χ3v) is 2.51. The quantitative estimate of drug-likeness (QED) is 0.665. The summed E-state index contributed by atoms with van der Waals surface area (Å²) in [6, 6.07) is 8.66. The lowest BCUT2D eigenvalue weighted by molar-refractivity contribution is -0.387. The number of aromatic hydroxyl groups is 1. The molecule has 0 aliphatic carbocycles. The van der Waals surface area contributed by atoms with Crippen LogP contribution in [0.5, 0.6) is 5.75 Å². The van der Waals surface area contributed by atoms with Gasteiger partial charge in [0, 0.05) is 23.4 Å². The van der Waals surface area contributed by atoms with Crippen molar-refractivity contribution in [2.45, 2.75) is 0 Å². The minimum absolute atomic E-state index is 0.0344. The smallest absolute Gasteiger partial charge is 0.305 e. The van der Waals surface area contributed by atoms with E-state index in [0.29, 0.717) is 5.69 Å². The monoisotopic (exact) mass is 276 g/mol. The molecule has 0 fully saturated rings. The van der Waals surface area contributed by atoms with E-state index in [2.05, 4.69) is 5.32 Å². The van der Waals surface area contributed by atoms with Crippen LogP contribution in [0.25, 0.3) is 0 Å². The zero-order valence-corrected chi connectivity index (χ0v) is 10.0. The average Bonchev–Trinajstić information content (AvgIpc) is 2.38. The summed E-state index contributed by atoms with van der Waals surface area (Å²) in [5.74, 6) is -1.68. The molecule has 2 N–H and O–H groups in total. The van der Waals surface area contributed by atoms with Crippen molar-refractivity contribution in [2.75, 3.05) is 5.32 Å². The number of hydrogen-bond donors (Lipinski definition) is 2. The highest BCUT2D eigenvalue weighted by molar-refractivity contribution is 6.04. The Hall–Kier alpha value is -2.96. The number of phenols is 1. The van der Waals surface area contributed by atoms with Crippen LogP contribution in [-0.2, 0) is 0 Å². The molecule has 0 aliphatic heterocycles. The summed E-state index contributed by atoms with van der Waals surface area (Å²) >= 11 is 0. The lowest BCUT2D eigenvalue weighted by Gasteiger charge is -2.05. The van der Waals surface area contributed by atoms with Crippen LogP contribution in [0.2, 0.25) is 0 Å². The molecule has 1 amide bonds. The lowest BCUT2D eigenvalue weighted by atomic mass is 10.1. The van der Waals surface area contributed by atoms with Gasteiger partial charge in [-0.3, -0.25) is 14.9 Å². The van der Waals surface area contributed by atoms with Gasteiger partial charge in [-0.1, -0.05) is 6.07 Å². The van der Waals surface area contributed by atoms with Crippen molar-refractivity contribution >= 4 is 17.3 Å². The van der Waals surface area contributed by atoms with Gasteiger partial charge in [-0.25, -0.2) is 0 Å². The largest absolute Gasteiger partial charge is 0.508 e. The van der Waals surface area contributed by atoms with Gasteiger partial charge < -0.3 is 10.4 Å². The number of nitro groups is 1. The van der Waals surface area contributed by atoms with E-state index in [1.54, 1.807) is 0 Å². The van der Waals surface area contributed by atoms with Crippen LogP contribution in [0.1, 0.15) is 10.4 Å². The SMILES string of the molecule is O=C(Nc1cccc(O)c1)c1ccc(F)c([N+](=O)[O-])c1. The molecule has 2 aromatic carbocycles. The van der Waals surface area contributed by atoms with Crippen LogP contribution in [0.3, 0.4) is 0 Å². The van der Waals surface area contributed by atoms with Crippen LogP contribution in [0.4, 0.5) is 15.8 Å². The molecule has 7 heteroatoms. The van der Waals surface area contributed by atoms with Crippen molar-refractivity contribution in [1.82, 2.24) is 0 Å². The maximum Gasteiger partial charge on any atom is 0.305 e. The van der Waals surface area contributed by atoms with E-state index >= 15 is 0 Å². The number of amides is 1. The predicted octanol–water partition coefficient (Wildman–Crippen LogP) is 2.69. The summed E-state index contributed by atoms with van der Waals surface area (Å²) in [6.07, 6.45) is 0. The number of rotatable bonds is 3. The summed E-state index contributed by atoms with van der Waals surface area (Å²) in [5.41, 5.74) is -0.503. The van der Waals surface area contributed by atoms with E-state index in [-0.39, 0.29) is 11.3 Å². The van der Waals surface area contributed by atoms with Crippen LogP contribution >= 0.6 is 0 Å². The molecule has 0 bridgehead atoms. The van der Waals surface area contributed by atoms with Crippen molar-refractivity contribution in [1.29, 1.82) is 0 Å². The Morgan fingerprint density at radius 2 is 2.00 bits per heavy atom. The van der Waals surface area contributed by atoms with Gasteiger partial charge in [0.05, 0.1) is 4.92 Å². The van der Waals surface area contributed by atoms with Gasteiger partial charge in [0.2, 0.25) is 5.82 Å². The van der Waals surface area contributed by atoms with Crippen molar-refractivity contribution in [3.63, 3.8) is 0 Å². The number of hydrogen-bond acceptors (Lipinski definition) is 4. The molecule has 20 heavy (non-hydrogen) atoms. The average molecular weight is 276 g/mol. The van der Waals surface area contributed by atoms with Gasteiger partial charge in [-0.05, 0) is 24.3 Å². The fraction of sp³-hybridized carbons (Fsp3) is 0. The van der Waals surface area contributed by atoms with Crippen LogP contribution in [0.15, 0.2) is 42.5 Å². The normalized spacial score (nSPS) is 10.1. The second kappa shape index (κ2) is 5.35. The standard InChI is InChI=1S/C13H9FN2O4/c14-11-5-4-8(6-12(11)16(19)20)13(18)15-9-2-1-3-10(17)7-9/h1-7,17H,(H,15,18). The van der Waals surface area contributed by atoms with E-state index in [4.69, 9.17) is 0 Å². The molecule has 0 aromatic heterocycles. The van der Waals surface area contributed by atoms with Crippen LogP contribution < -0.4 is 5.32 Å². The Bertz CT molecular complexity index is 688. The molecule has 102 valence electrons. The van der Waals surface area contributed by atoms with E-state index in [9.17, 15) is 24.4 Å². The Morgan fingerprint density at radius 1 is 1.25 bits per heavy atom. The topological polar surface area (TPSA) is 92.5 Å². The van der Waals surface area contributed by atoms with Gasteiger partial charge >= 0.3 is 5.69 Å². The lowest BCUT2D eigenvalue weighted by Crippen LogP contribution is -2.12. The first kappa shape index (κ1) is 13.5. The molecular weight excluding hydrogens is 267 g/mol. The number of nitrogens with zero attached hydrogens (tertiary/aromatic N) is 1. The van der Waals surface area contributed by atoms with Gasteiger partial charge in [0.25, 0.3) is 5.91 Å². The number of anilines is 1. The molecule has 0 saturated heterocycles. The number of halogens is 1. The molecule has 6 nitrogen and oxygen atoms in total. The molecule has 2 rings (SSSR count). The minimum Gasteiger partial charge on any atom is -0.508 e. The second-order valence-electron chi connectivity index (χ2n) is 3.93. The zero-order valence-electron chi connectivity index (χ0n) is 10.0. The Balaban J connectivity index is 2.26. The predicted molar refractivity (Wildman–Crippen MR) is 69.1 cm³/mol. The Kier molecular flexibility index (Phi) is 3.60. The minimum atomic E-state index is -1.01. The van der Waals surface area contributed by atoms with Crippen molar-refractivity contribution in [2.24, 2.45) is 0 Å². The number of carbonyl (C=O) groups excluding carboxylic acids is 1. The zero-order chi connectivity index (χ0) is 14.7. The van der Waals surface area contributed by atoms with Crippen molar-refractivity contribution < 1.29 is 19.2 Å². The molecule has 0 heterocycles. The molecule has 0 saturated carbocycles. The summed E-state index contributed by atoms with van der Waals surface area (Å²) in [7, 11) is 0. The fourth-order valence-corrected chi connectivity index (χ4v) is 1.58. The fourth-order valence-electron chi connectivity index (χ4n) is 1.58.